The van der Waals surface area contributed by atoms with Crippen LogP contribution in [0, 0.1) is 13.8 Å². The van der Waals surface area contributed by atoms with Crippen LogP contribution in [0.25, 0.3) is 39.4 Å². The van der Waals surface area contributed by atoms with Gasteiger partial charge in [0.05, 0.1) is 11.0 Å². The van der Waals surface area contributed by atoms with Gasteiger partial charge in [-0.15, -0.1) is 0 Å². The molecule has 5 heteroatoms. The molecule has 0 radical (unpaired) electrons. The topological polar surface area (TPSA) is 43.6 Å². The molecule has 0 saturated heterocycles. The third-order valence-electron chi connectivity index (χ3n) is 4.72. The number of nitrogens with zero attached hydrogens (tertiary/aromatic N) is 4. The van der Waals surface area contributed by atoms with E-state index in [2.05, 4.69) is 36.6 Å². The summed E-state index contributed by atoms with van der Waals surface area (Å²) in [7, 11) is 0. The van der Waals surface area contributed by atoms with E-state index in [4.69, 9.17) is 26.6 Å². The Hall–Kier alpha value is -3.24. The van der Waals surface area contributed by atoms with Crippen molar-refractivity contribution in [3.63, 3.8) is 0 Å². The highest BCUT2D eigenvalue weighted by atomic mass is 35.5. The van der Waals surface area contributed by atoms with Crippen molar-refractivity contribution in [3.05, 3.63) is 82.9 Å². The van der Waals surface area contributed by atoms with Crippen molar-refractivity contribution in [3.8, 4) is 17.1 Å². The Kier molecular flexibility index (Phi) is 3.88. The van der Waals surface area contributed by atoms with E-state index in [-0.39, 0.29) is 0 Å². The van der Waals surface area contributed by atoms with Gasteiger partial charge >= 0.3 is 0 Å². The molecule has 0 fully saturated rings. The number of para-hydroxylation sites is 2. The van der Waals surface area contributed by atoms with E-state index in [1.54, 1.807) is 0 Å². The molecule has 0 aliphatic rings. The van der Waals surface area contributed by atoms with Gasteiger partial charge in [-0.05, 0) is 61.4 Å². The van der Waals surface area contributed by atoms with Crippen LogP contribution in [-0.4, -0.2) is 19.5 Å². The SMILES string of the molecule is Cc1cc(C)cc(-n2c(-c3cccc(Cl)c3)nc3nc4ccccc4nc32)c1. The normalized spacial score (nSPS) is 11.4. The minimum atomic E-state index is 0.618. The fourth-order valence-electron chi connectivity index (χ4n) is 3.60. The number of hydrogen-bond acceptors (Lipinski definition) is 3. The molecule has 0 bridgehead atoms. The molecular formula is C23H17ClN4. The molecule has 0 amide bonds. The number of benzene rings is 3. The Balaban J connectivity index is 1.90. The average molecular weight is 385 g/mol. The maximum Gasteiger partial charge on any atom is 0.199 e. The van der Waals surface area contributed by atoms with Crippen molar-refractivity contribution >= 4 is 33.9 Å². The molecule has 3 aromatic carbocycles. The highest BCUT2D eigenvalue weighted by molar-refractivity contribution is 6.30. The molecular weight excluding hydrogens is 368 g/mol. The smallest absolute Gasteiger partial charge is 0.199 e. The summed E-state index contributed by atoms with van der Waals surface area (Å²) in [5.41, 5.74) is 7.34. The largest absolute Gasteiger partial charge is 0.275 e. The van der Waals surface area contributed by atoms with E-state index < -0.39 is 0 Å². The van der Waals surface area contributed by atoms with E-state index in [9.17, 15) is 0 Å². The molecule has 136 valence electrons. The van der Waals surface area contributed by atoms with Crippen LogP contribution in [0.1, 0.15) is 11.1 Å². The molecule has 0 aliphatic heterocycles. The number of aromatic nitrogens is 4. The molecule has 0 unspecified atom stereocenters. The van der Waals surface area contributed by atoms with Crippen LogP contribution in [0.4, 0.5) is 0 Å². The Morgan fingerprint density at radius 2 is 1.46 bits per heavy atom. The average Bonchev–Trinajstić information content (AvgIpc) is 3.03. The molecule has 5 rings (SSSR count). The summed E-state index contributed by atoms with van der Waals surface area (Å²) in [6.45, 7) is 4.19. The third-order valence-corrected chi connectivity index (χ3v) is 4.95. The van der Waals surface area contributed by atoms with Crippen LogP contribution < -0.4 is 0 Å². The van der Waals surface area contributed by atoms with E-state index in [1.807, 2.05) is 48.5 Å². The zero-order valence-corrected chi connectivity index (χ0v) is 16.3. The summed E-state index contributed by atoms with van der Waals surface area (Å²) >= 11 is 6.26. The van der Waals surface area contributed by atoms with Gasteiger partial charge in [-0.2, -0.15) is 0 Å². The van der Waals surface area contributed by atoms with Gasteiger partial charge in [-0.1, -0.05) is 41.9 Å². The van der Waals surface area contributed by atoms with Gasteiger partial charge in [-0.25, -0.2) is 15.0 Å². The van der Waals surface area contributed by atoms with Crippen molar-refractivity contribution in [1.29, 1.82) is 0 Å². The highest BCUT2D eigenvalue weighted by Crippen LogP contribution is 2.30. The standard InChI is InChI=1S/C23H17ClN4/c1-14-10-15(2)12-18(11-14)28-22(16-6-5-7-17(24)13-16)27-21-23(28)26-20-9-4-3-8-19(20)25-21/h3-13H,1-2H3. The van der Waals surface area contributed by atoms with Crippen LogP contribution in [0.3, 0.4) is 0 Å². The number of imidazole rings is 1. The molecule has 0 aliphatic carbocycles. The zero-order chi connectivity index (χ0) is 19.3. The maximum absolute atomic E-state index is 6.26. The van der Waals surface area contributed by atoms with Crippen LogP contribution in [0.5, 0.6) is 0 Å². The van der Waals surface area contributed by atoms with Crippen LogP contribution in [0.2, 0.25) is 5.02 Å². The fraction of sp³-hybridized carbons (Fsp3) is 0.0870. The summed E-state index contributed by atoms with van der Waals surface area (Å²) in [6, 6.07) is 22.0. The van der Waals surface area contributed by atoms with E-state index in [0.29, 0.717) is 10.7 Å². The zero-order valence-electron chi connectivity index (χ0n) is 15.5. The first-order valence-corrected chi connectivity index (χ1v) is 9.46. The highest BCUT2D eigenvalue weighted by Gasteiger charge is 2.18. The first-order chi connectivity index (χ1) is 13.6. The van der Waals surface area contributed by atoms with Crippen molar-refractivity contribution in [2.45, 2.75) is 13.8 Å². The van der Waals surface area contributed by atoms with Gasteiger partial charge in [-0.3, -0.25) is 4.57 Å². The fourth-order valence-corrected chi connectivity index (χ4v) is 3.79. The summed E-state index contributed by atoms with van der Waals surface area (Å²) in [6.07, 6.45) is 0. The lowest BCUT2D eigenvalue weighted by atomic mass is 10.1. The number of aryl methyl sites for hydroxylation is 2. The van der Waals surface area contributed by atoms with Crippen molar-refractivity contribution in [2.24, 2.45) is 0 Å². The van der Waals surface area contributed by atoms with Crippen molar-refractivity contribution < 1.29 is 0 Å². The summed E-state index contributed by atoms with van der Waals surface area (Å²) in [5, 5.41) is 0.669. The van der Waals surface area contributed by atoms with E-state index in [1.165, 1.54) is 11.1 Å². The van der Waals surface area contributed by atoms with E-state index >= 15 is 0 Å². The number of hydrogen-bond donors (Lipinski definition) is 0. The lowest BCUT2D eigenvalue weighted by Gasteiger charge is -2.11. The van der Waals surface area contributed by atoms with Crippen molar-refractivity contribution in [1.82, 2.24) is 19.5 Å². The Morgan fingerprint density at radius 1 is 0.750 bits per heavy atom. The lowest BCUT2D eigenvalue weighted by molar-refractivity contribution is 1.07. The molecule has 5 aromatic rings. The molecule has 2 aromatic heterocycles. The van der Waals surface area contributed by atoms with Crippen LogP contribution >= 0.6 is 11.6 Å². The van der Waals surface area contributed by atoms with Gasteiger partial charge in [0.25, 0.3) is 0 Å². The first-order valence-electron chi connectivity index (χ1n) is 9.08. The van der Waals surface area contributed by atoms with E-state index in [0.717, 1.165) is 33.8 Å². The molecule has 0 spiro atoms. The molecule has 0 atom stereocenters. The summed E-state index contributed by atoms with van der Waals surface area (Å²) in [4.78, 5) is 14.5. The Morgan fingerprint density at radius 3 is 2.18 bits per heavy atom. The Labute approximate surface area is 167 Å². The second-order valence-electron chi connectivity index (χ2n) is 6.99. The van der Waals surface area contributed by atoms with Gasteiger partial charge in [0.2, 0.25) is 0 Å². The second kappa shape index (κ2) is 6.43. The second-order valence-corrected chi connectivity index (χ2v) is 7.42. The third kappa shape index (κ3) is 2.83. The molecule has 0 N–H and O–H groups in total. The number of halogens is 1. The maximum atomic E-state index is 6.26. The van der Waals surface area contributed by atoms with Gasteiger partial charge in [0, 0.05) is 16.3 Å². The van der Waals surface area contributed by atoms with Crippen LogP contribution in [-0.2, 0) is 0 Å². The van der Waals surface area contributed by atoms with Crippen LogP contribution in [0.15, 0.2) is 66.7 Å². The van der Waals surface area contributed by atoms with Gasteiger partial charge in [0.1, 0.15) is 5.82 Å². The minimum absolute atomic E-state index is 0.618. The molecule has 0 saturated carbocycles. The predicted molar refractivity (Wildman–Crippen MR) is 114 cm³/mol. The minimum Gasteiger partial charge on any atom is -0.275 e. The lowest BCUT2D eigenvalue weighted by Crippen LogP contribution is -2.00. The number of fused-ring (bicyclic) bond motifs is 2. The first kappa shape index (κ1) is 16.9. The quantitative estimate of drug-likeness (QED) is 0.380. The predicted octanol–water partition coefficient (Wildman–Crippen LogP) is 5.91. The summed E-state index contributed by atoms with van der Waals surface area (Å²) < 4.78 is 2.07. The van der Waals surface area contributed by atoms with Crippen molar-refractivity contribution in [2.75, 3.05) is 0 Å². The molecule has 4 nitrogen and oxygen atoms in total. The molecule has 2 heterocycles. The Bertz CT molecular complexity index is 1330. The van der Waals surface area contributed by atoms with Gasteiger partial charge in [0.15, 0.2) is 11.3 Å². The number of rotatable bonds is 2. The van der Waals surface area contributed by atoms with Gasteiger partial charge < -0.3 is 0 Å². The monoisotopic (exact) mass is 384 g/mol. The summed E-state index contributed by atoms with van der Waals surface area (Å²) in [5.74, 6) is 0.776. The molecule has 28 heavy (non-hydrogen) atoms.